The fourth-order valence-corrected chi connectivity index (χ4v) is 3.75. The van der Waals surface area contributed by atoms with Gasteiger partial charge in [0.05, 0.1) is 28.8 Å². The van der Waals surface area contributed by atoms with Gasteiger partial charge in [-0.05, 0) is 30.3 Å². The molecule has 0 atom stereocenters. The van der Waals surface area contributed by atoms with Gasteiger partial charge in [0, 0.05) is 16.7 Å². The van der Waals surface area contributed by atoms with Crippen molar-refractivity contribution in [3.63, 3.8) is 0 Å². The van der Waals surface area contributed by atoms with Crippen molar-refractivity contribution in [1.82, 2.24) is 9.66 Å². The summed E-state index contributed by atoms with van der Waals surface area (Å²) >= 11 is 0. The van der Waals surface area contributed by atoms with Crippen LogP contribution >= 0.6 is 0 Å². The second-order valence-electron chi connectivity index (χ2n) is 7.78. The van der Waals surface area contributed by atoms with E-state index in [2.05, 4.69) is 11.2 Å². The van der Waals surface area contributed by atoms with Crippen LogP contribution in [0.3, 0.4) is 0 Å². The average Bonchev–Trinajstić information content (AvgIpc) is 2.92. The Morgan fingerprint density at radius 2 is 1.60 bits per heavy atom. The van der Waals surface area contributed by atoms with Gasteiger partial charge in [0.1, 0.15) is 12.4 Å². The van der Waals surface area contributed by atoms with E-state index in [0.29, 0.717) is 33.6 Å². The van der Waals surface area contributed by atoms with Crippen molar-refractivity contribution in [3.05, 3.63) is 130 Å². The predicted molar refractivity (Wildman–Crippen MR) is 136 cm³/mol. The van der Waals surface area contributed by atoms with Crippen LogP contribution in [0.4, 0.5) is 0 Å². The molecule has 35 heavy (non-hydrogen) atoms. The molecule has 1 heterocycles. The topological polar surface area (TPSA) is 80.3 Å². The summed E-state index contributed by atoms with van der Waals surface area (Å²) in [5, 5.41) is 14.4. The average molecular weight is 457 g/mol. The summed E-state index contributed by atoms with van der Waals surface area (Å²) in [4.78, 5) is 18.1. The molecule has 0 amide bonds. The van der Waals surface area contributed by atoms with Gasteiger partial charge in [0.25, 0.3) is 5.56 Å². The number of ether oxygens (including phenoxy) is 1. The molecule has 0 unspecified atom stereocenters. The minimum atomic E-state index is -0.257. The lowest BCUT2D eigenvalue weighted by Crippen LogP contribution is -2.20. The molecule has 0 bridgehead atoms. The standard InChI is InChI=1S/C29H20N4O2/c30-18-22-12-4-5-14-24(22)20-35-27-17-9-6-13-23(27)19-31-33-28(21-10-2-1-3-11-21)32-26-16-8-7-15-25(26)29(33)34/h1-17,19H,20H2. The van der Waals surface area contributed by atoms with Crippen molar-refractivity contribution in [2.24, 2.45) is 5.10 Å². The number of rotatable bonds is 6. The minimum Gasteiger partial charge on any atom is -0.488 e. The van der Waals surface area contributed by atoms with Crippen LogP contribution in [0.5, 0.6) is 5.75 Å². The number of para-hydroxylation sites is 2. The molecule has 0 spiro atoms. The van der Waals surface area contributed by atoms with E-state index >= 15 is 0 Å². The number of hydrogen-bond acceptors (Lipinski definition) is 5. The molecular formula is C29H20N4O2. The maximum Gasteiger partial charge on any atom is 0.282 e. The maximum absolute atomic E-state index is 13.4. The molecule has 6 heteroatoms. The van der Waals surface area contributed by atoms with Gasteiger partial charge in [-0.2, -0.15) is 15.0 Å². The zero-order valence-corrected chi connectivity index (χ0v) is 18.7. The van der Waals surface area contributed by atoms with E-state index in [4.69, 9.17) is 9.72 Å². The zero-order chi connectivity index (χ0) is 24.0. The fourth-order valence-electron chi connectivity index (χ4n) is 3.75. The van der Waals surface area contributed by atoms with Crippen LogP contribution < -0.4 is 10.3 Å². The predicted octanol–water partition coefficient (Wildman–Crippen LogP) is 5.40. The first kappa shape index (κ1) is 21.8. The molecule has 5 aromatic rings. The van der Waals surface area contributed by atoms with Gasteiger partial charge in [-0.25, -0.2) is 4.98 Å². The summed E-state index contributed by atoms with van der Waals surface area (Å²) in [6, 6.07) is 33.6. The van der Waals surface area contributed by atoms with Crippen molar-refractivity contribution in [2.45, 2.75) is 6.61 Å². The van der Waals surface area contributed by atoms with Crippen molar-refractivity contribution in [1.29, 1.82) is 5.26 Å². The molecule has 0 saturated heterocycles. The van der Waals surface area contributed by atoms with Gasteiger partial charge >= 0.3 is 0 Å². The highest BCUT2D eigenvalue weighted by atomic mass is 16.5. The van der Waals surface area contributed by atoms with Crippen molar-refractivity contribution >= 4 is 17.1 Å². The third kappa shape index (κ3) is 4.56. The second-order valence-corrected chi connectivity index (χ2v) is 7.78. The van der Waals surface area contributed by atoms with E-state index in [1.807, 2.05) is 91.0 Å². The Kier molecular flexibility index (Phi) is 6.14. The lowest BCUT2D eigenvalue weighted by Gasteiger charge is -2.11. The van der Waals surface area contributed by atoms with E-state index in [0.717, 1.165) is 11.1 Å². The van der Waals surface area contributed by atoms with Gasteiger partial charge < -0.3 is 4.74 Å². The van der Waals surface area contributed by atoms with E-state index in [-0.39, 0.29) is 12.2 Å². The Bertz CT molecular complexity index is 1630. The molecule has 0 saturated carbocycles. The van der Waals surface area contributed by atoms with Crippen molar-refractivity contribution in [3.8, 4) is 23.2 Å². The zero-order valence-electron chi connectivity index (χ0n) is 18.7. The minimum absolute atomic E-state index is 0.237. The molecule has 6 nitrogen and oxygen atoms in total. The molecule has 0 aliphatic carbocycles. The fraction of sp³-hybridized carbons (Fsp3) is 0.0345. The van der Waals surface area contributed by atoms with Crippen LogP contribution in [-0.4, -0.2) is 15.9 Å². The second kappa shape index (κ2) is 9.86. The summed E-state index contributed by atoms with van der Waals surface area (Å²) in [6.07, 6.45) is 1.59. The highest BCUT2D eigenvalue weighted by molar-refractivity contribution is 5.84. The molecule has 168 valence electrons. The number of hydrogen-bond donors (Lipinski definition) is 0. The number of benzene rings is 4. The third-order valence-electron chi connectivity index (χ3n) is 5.54. The number of fused-ring (bicyclic) bond motifs is 1. The monoisotopic (exact) mass is 456 g/mol. The van der Waals surface area contributed by atoms with Crippen LogP contribution in [0, 0.1) is 11.3 Å². The Hall–Kier alpha value is -5.02. The highest BCUT2D eigenvalue weighted by Gasteiger charge is 2.12. The number of nitriles is 1. The molecule has 0 aliphatic rings. The number of aromatic nitrogens is 2. The van der Waals surface area contributed by atoms with Gasteiger partial charge in [0.15, 0.2) is 5.82 Å². The Morgan fingerprint density at radius 3 is 2.46 bits per heavy atom. The van der Waals surface area contributed by atoms with Crippen LogP contribution in [0.25, 0.3) is 22.3 Å². The first-order valence-corrected chi connectivity index (χ1v) is 11.1. The first-order valence-electron chi connectivity index (χ1n) is 11.1. The summed E-state index contributed by atoms with van der Waals surface area (Å²) in [5.74, 6) is 1.04. The van der Waals surface area contributed by atoms with Crippen LogP contribution in [0.15, 0.2) is 113 Å². The Balaban J connectivity index is 1.54. The molecule has 1 aromatic heterocycles. The van der Waals surface area contributed by atoms with E-state index in [1.54, 1.807) is 18.3 Å². The molecule has 0 aliphatic heterocycles. The molecule has 5 rings (SSSR count). The Morgan fingerprint density at radius 1 is 0.886 bits per heavy atom. The van der Waals surface area contributed by atoms with E-state index in [9.17, 15) is 10.1 Å². The maximum atomic E-state index is 13.4. The first-order chi connectivity index (χ1) is 17.2. The molecule has 0 N–H and O–H groups in total. The van der Waals surface area contributed by atoms with Crippen LogP contribution in [-0.2, 0) is 6.61 Å². The molecule has 4 aromatic carbocycles. The quantitative estimate of drug-likeness (QED) is 0.321. The van der Waals surface area contributed by atoms with Gasteiger partial charge in [-0.1, -0.05) is 72.8 Å². The van der Waals surface area contributed by atoms with Crippen LogP contribution in [0.2, 0.25) is 0 Å². The lowest BCUT2D eigenvalue weighted by molar-refractivity contribution is 0.305. The van der Waals surface area contributed by atoms with Gasteiger partial charge in [-0.3, -0.25) is 4.79 Å². The van der Waals surface area contributed by atoms with Crippen molar-refractivity contribution in [2.75, 3.05) is 0 Å². The van der Waals surface area contributed by atoms with Crippen molar-refractivity contribution < 1.29 is 4.74 Å². The lowest BCUT2D eigenvalue weighted by atomic mass is 10.1. The van der Waals surface area contributed by atoms with Gasteiger partial charge in [0.2, 0.25) is 0 Å². The molecule has 0 radical (unpaired) electrons. The third-order valence-corrected chi connectivity index (χ3v) is 5.54. The largest absolute Gasteiger partial charge is 0.488 e. The number of nitrogens with zero attached hydrogens (tertiary/aromatic N) is 4. The van der Waals surface area contributed by atoms with E-state index < -0.39 is 0 Å². The summed E-state index contributed by atoms with van der Waals surface area (Å²) < 4.78 is 7.34. The summed E-state index contributed by atoms with van der Waals surface area (Å²) in [7, 11) is 0. The molecule has 0 fully saturated rings. The SMILES string of the molecule is N#Cc1ccccc1COc1ccccc1C=Nn1c(-c2ccccc2)nc2ccccc2c1=O. The van der Waals surface area contributed by atoms with E-state index in [1.165, 1.54) is 4.68 Å². The highest BCUT2D eigenvalue weighted by Crippen LogP contribution is 2.21. The smallest absolute Gasteiger partial charge is 0.282 e. The summed E-state index contributed by atoms with van der Waals surface area (Å²) in [5.41, 5.74) is 3.20. The van der Waals surface area contributed by atoms with Gasteiger partial charge in [-0.15, -0.1) is 0 Å². The van der Waals surface area contributed by atoms with Crippen LogP contribution in [0.1, 0.15) is 16.7 Å². The Labute approximate surface area is 202 Å². The molecular weight excluding hydrogens is 436 g/mol. The normalized spacial score (nSPS) is 10.9. The summed E-state index contributed by atoms with van der Waals surface area (Å²) in [6.45, 7) is 0.237.